The van der Waals surface area contributed by atoms with Gasteiger partial charge in [0.2, 0.25) is 0 Å². The Morgan fingerprint density at radius 3 is 2.31 bits per heavy atom. The molecule has 0 saturated carbocycles. The first-order chi connectivity index (χ1) is 7.48. The lowest BCUT2D eigenvalue weighted by atomic mass is 10.3. The summed E-state index contributed by atoms with van der Waals surface area (Å²) in [6.45, 7) is 6.40. The highest BCUT2D eigenvalue weighted by Crippen LogP contribution is 2.04. The van der Waals surface area contributed by atoms with Gasteiger partial charge in [-0.2, -0.15) is 0 Å². The average molecular weight is 233 g/mol. The monoisotopic (exact) mass is 233 g/mol. The van der Waals surface area contributed by atoms with Crippen LogP contribution in [0.3, 0.4) is 0 Å². The zero-order chi connectivity index (χ0) is 11.8. The van der Waals surface area contributed by atoms with Gasteiger partial charge < -0.3 is 5.21 Å². The van der Waals surface area contributed by atoms with E-state index >= 15 is 0 Å². The fourth-order valence-corrected chi connectivity index (χ4v) is 2.64. The minimum Gasteiger partial charge on any atom is -0.691 e. The number of nitrogens with zero attached hydrogens (tertiary/aromatic N) is 3. The third-order valence-corrected chi connectivity index (χ3v) is 4.27. The highest BCUT2D eigenvalue weighted by Gasteiger charge is 2.27. The van der Waals surface area contributed by atoms with Gasteiger partial charge in [0, 0.05) is 0 Å². The Kier molecular flexibility index (Phi) is 2.55. The van der Waals surface area contributed by atoms with Crippen LogP contribution >= 0.6 is 0 Å². The molecule has 16 heavy (non-hydrogen) atoms. The summed E-state index contributed by atoms with van der Waals surface area (Å²) in [5.74, 6) is 0. The first-order valence-electron chi connectivity index (χ1n) is 5.24. The topological polar surface area (TPSA) is 44.8 Å². The highest BCUT2D eigenvalue weighted by atomic mass is 28.3. The largest absolute Gasteiger partial charge is 0.691 e. The minimum absolute atomic E-state index is 0.749. The van der Waals surface area contributed by atoms with Crippen LogP contribution in [0.1, 0.15) is 0 Å². The lowest BCUT2D eigenvalue weighted by Gasteiger charge is -2.11. The molecule has 4 nitrogen and oxygen atoms in total. The van der Waals surface area contributed by atoms with E-state index in [0.29, 0.717) is 0 Å². The van der Waals surface area contributed by atoms with Gasteiger partial charge in [0.05, 0.1) is 5.21 Å². The highest BCUT2D eigenvalue weighted by molar-refractivity contribution is 6.87. The molecule has 1 aromatic carbocycles. The quantitative estimate of drug-likeness (QED) is 0.442. The summed E-state index contributed by atoms with van der Waals surface area (Å²) in [6.07, 6.45) is 1.84. The molecule has 0 aliphatic heterocycles. The van der Waals surface area contributed by atoms with Crippen LogP contribution in [-0.4, -0.2) is 18.0 Å². The van der Waals surface area contributed by atoms with E-state index in [2.05, 4.69) is 24.9 Å². The van der Waals surface area contributed by atoms with Crippen molar-refractivity contribution in [3.8, 4) is 5.69 Å². The van der Waals surface area contributed by atoms with Crippen molar-refractivity contribution in [2.24, 2.45) is 0 Å². The van der Waals surface area contributed by atoms with Crippen molar-refractivity contribution in [1.29, 1.82) is 0 Å². The smallest absolute Gasteiger partial charge is 0.160 e. The minimum atomic E-state index is -1.62. The molecule has 0 fully saturated rings. The maximum absolute atomic E-state index is 11.7. The summed E-state index contributed by atoms with van der Waals surface area (Å²) in [5, 5.41) is 16.4. The molecule has 0 N–H and O–H groups in total. The van der Waals surface area contributed by atoms with Crippen LogP contribution in [0.25, 0.3) is 5.69 Å². The number of hydrogen-bond acceptors (Lipinski definition) is 2. The Morgan fingerprint density at radius 2 is 1.81 bits per heavy atom. The zero-order valence-electron chi connectivity index (χ0n) is 9.71. The molecule has 1 heterocycles. The van der Waals surface area contributed by atoms with E-state index in [1.165, 1.54) is 0 Å². The van der Waals surface area contributed by atoms with E-state index in [9.17, 15) is 5.21 Å². The van der Waals surface area contributed by atoms with Crippen LogP contribution in [0.2, 0.25) is 19.6 Å². The maximum atomic E-state index is 11.7. The molecular formula is C11H15N3OSi. The van der Waals surface area contributed by atoms with Gasteiger partial charge in [0.1, 0.15) is 13.4 Å². The van der Waals surface area contributed by atoms with Crippen LogP contribution < -0.4 is 10.2 Å². The van der Waals surface area contributed by atoms with Crippen LogP contribution in [0.15, 0.2) is 36.5 Å². The van der Waals surface area contributed by atoms with Crippen molar-refractivity contribution in [2.75, 3.05) is 0 Å². The summed E-state index contributed by atoms with van der Waals surface area (Å²) < 4.78 is 1.64. The van der Waals surface area contributed by atoms with Gasteiger partial charge >= 0.3 is 0 Å². The van der Waals surface area contributed by atoms with Gasteiger partial charge in [-0.1, -0.05) is 37.8 Å². The number of para-hydroxylation sites is 1. The molecule has 0 saturated heterocycles. The molecule has 0 aliphatic carbocycles. The first-order valence-corrected chi connectivity index (χ1v) is 8.74. The standard InChI is InChI=1S/C11H15N3OSi/c1-16(2,3)11-9-13(12-14(11)15)10-7-5-4-6-8-10/h4-9H,1-3H3. The van der Waals surface area contributed by atoms with E-state index in [1.807, 2.05) is 36.5 Å². The van der Waals surface area contributed by atoms with Crippen LogP contribution in [-0.2, 0) is 0 Å². The number of aromatic nitrogens is 3. The Hall–Kier alpha value is -1.62. The number of hydrogen-bond donors (Lipinski definition) is 0. The Morgan fingerprint density at radius 1 is 1.19 bits per heavy atom. The van der Waals surface area contributed by atoms with Crippen LogP contribution in [0, 0.1) is 5.21 Å². The second kappa shape index (κ2) is 3.75. The van der Waals surface area contributed by atoms with Crippen LogP contribution in [0.4, 0.5) is 0 Å². The van der Waals surface area contributed by atoms with Gasteiger partial charge in [0.25, 0.3) is 0 Å². The summed E-state index contributed by atoms with van der Waals surface area (Å²) in [7, 11) is -1.62. The second-order valence-corrected chi connectivity index (χ2v) is 9.82. The normalized spacial score (nSPS) is 11.7. The fourth-order valence-electron chi connectivity index (χ4n) is 1.51. The van der Waals surface area contributed by atoms with E-state index in [1.54, 1.807) is 4.68 Å². The Labute approximate surface area is 95.7 Å². The van der Waals surface area contributed by atoms with Crippen molar-refractivity contribution in [3.63, 3.8) is 0 Å². The molecular weight excluding hydrogens is 218 g/mol. The molecule has 1 aromatic heterocycles. The van der Waals surface area contributed by atoms with Crippen molar-refractivity contribution in [2.45, 2.75) is 19.6 Å². The Balaban J connectivity index is 2.47. The zero-order valence-corrected chi connectivity index (χ0v) is 10.7. The third-order valence-electron chi connectivity index (χ3n) is 2.42. The maximum Gasteiger partial charge on any atom is 0.160 e. The molecule has 0 atom stereocenters. The summed E-state index contributed by atoms with van der Waals surface area (Å²) in [5.41, 5.74) is 0.914. The summed E-state index contributed by atoms with van der Waals surface area (Å²) in [6, 6.07) is 9.67. The lowest BCUT2D eigenvalue weighted by Crippen LogP contribution is -2.57. The van der Waals surface area contributed by atoms with Crippen molar-refractivity contribution in [3.05, 3.63) is 41.7 Å². The molecule has 0 amide bonds. The molecule has 0 bridgehead atoms. The molecule has 2 aromatic rings. The fraction of sp³-hybridized carbons (Fsp3) is 0.273. The van der Waals surface area contributed by atoms with Crippen molar-refractivity contribution < 1.29 is 4.85 Å². The SMILES string of the molecule is C[Si](C)(C)c1cn(-c2ccccc2)n[n+]1[O-]. The van der Waals surface area contributed by atoms with E-state index in [0.717, 1.165) is 15.8 Å². The third kappa shape index (κ3) is 1.99. The van der Waals surface area contributed by atoms with Gasteiger partial charge in [-0.15, -0.1) is 9.53 Å². The molecule has 0 radical (unpaired) electrons. The molecule has 0 unspecified atom stereocenters. The van der Waals surface area contributed by atoms with Gasteiger partial charge in [-0.3, -0.25) is 0 Å². The summed E-state index contributed by atoms with van der Waals surface area (Å²) >= 11 is 0. The molecule has 84 valence electrons. The first kappa shape index (κ1) is 10.9. The second-order valence-electron chi connectivity index (χ2n) is 4.81. The van der Waals surface area contributed by atoms with Gasteiger partial charge in [-0.05, 0) is 12.1 Å². The average Bonchev–Trinajstić information content (AvgIpc) is 2.61. The number of benzene rings is 1. The summed E-state index contributed by atoms with van der Waals surface area (Å²) in [4.78, 5) is 0.749. The lowest BCUT2D eigenvalue weighted by molar-refractivity contribution is -0.654. The number of rotatable bonds is 2. The van der Waals surface area contributed by atoms with E-state index in [4.69, 9.17) is 0 Å². The van der Waals surface area contributed by atoms with Crippen molar-refractivity contribution >= 4 is 13.4 Å². The van der Waals surface area contributed by atoms with Gasteiger partial charge in [0.15, 0.2) is 11.9 Å². The van der Waals surface area contributed by atoms with Gasteiger partial charge in [-0.25, -0.2) is 0 Å². The van der Waals surface area contributed by atoms with Crippen molar-refractivity contribution in [1.82, 2.24) is 9.90 Å². The Bertz CT molecular complexity index is 488. The predicted octanol–water partition coefficient (Wildman–Crippen LogP) is 1.05. The predicted molar refractivity (Wildman–Crippen MR) is 65.5 cm³/mol. The van der Waals surface area contributed by atoms with E-state index < -0.39 is 8.07 Å². The van der Waals surface area contributed by atoms with Crippen LogP contribution in [0.5, 0.6) is 0 Å². The molecule has 2 rings (SSSR count). The molecule has 5 heteroatoms. The molecule has 0 aliphatic rings. The molecule has 0 spiro atoms. The van der Waals surface area contributed by atoms with E-state index in [-0.39, 0.29) is 0 Å².